The van der Waals surface area contributed by atoms with Crippen LogP contribution in [0.25, 0.3) is 0 Å². The van der Waals surface area contributed by atoms with Crippen LogP contribution in [0.1, 0.15) is 78.3 Å². The van der Waals surface area contributed by atoms with Crippen LogP contribution in [-0.2, 0) is 9.05 Å². The van der Waals surface area contributed by atoms with Crippen LogP contribution in [0.3, 0.4) is 0 Å². The Bertz CT molecular complexity index is 801. The Hall–Kier alpha value is -1.23. The van der Waals surface area contributed by atoms with Crippen molar-refractivity contribution in [2.45, 2.75) is 91.5 Å². The zero-order valence-corrected chi connectivity index (χ0v) is 20.3. The maximum absolute atomic E-state index is 12.4. The average Bonchev–Trinajstić information content (AvgIpc) is 2.68. The van der Waals surface area contributed by atoms with Crippen molar-refractivity contribution in [1.29, 1.82) is 0 Å². The lowest BCUT2D eigenvalue weighted by Crippen LogP contribution is -2.37. The molecule has 0 aromatic carbocycles. The third-order valence-electron chi connectivity index (χ3n) is 5.49. The van der Waals surface area contributed by atoms with E-state index in [9.17, 15) is 9.59 Å². The molecule has 0 fully saturated rings. The van der Waals surface area contributed by atoms with E-state index < -0.39 is 8.38 Å². The Morgan fingerprint density at radius 1 is 1.20 bits per heavy atom. The minimum absolute atomic E-state index is 0.00309. The monoisotopic (exact) mass is 438 g/mol. The molecule has 1 aliphatic carbocycles. The molecule has 6 nitrogen and oxygen atoms in total. The SMILES string of the molecule is CCCOP(OC1CC(n2cc(C)c(=O)[nH]c2=O)C=CC1CCC)C(C)CC(C)C. The van der Waals surface area contributed by atoms with Gasteiger partial charge in [0.15, 0.2) is 8.38 Å². The third-order valence-corrected chi connectivity index (χ3v) is 7.34. The second kappa shape index (κ2) is 12.0. The van der Waals surface area contributed by atoms with Gasteiger partial charge < -0.3 is 9.05 Å². The van der Waals surface area contributed by atoms with E-state index >= 15 is 0 Å². The van der Waals surface area contributed by atoms with Gasteiger partial charge in [-0.05, 0) is 38.5 Å². The molecular weight excluding hydrogens is 399 g/mol. The van der Waals surface area contributed by atoms with Gasteiger partial charge in [0.05, 0.1) is 18.8 Å². The largest absolute Gasteiger partial charge is 0.334 e. The van der Waals surface area contributed by atoms with Gasteiger partial charge in [-0.25, -0.2) is 4.79 Å². The van der Waals surface area contributed by atoms with E-state index in [0.717, 1.165) is 25.7 Å². The third kappa shape index (κ3) is 6.90. The molecule has 1 aromatic heterocycles. The second-order valence-corrected chi connectivity index (χ2v) is 10.8. The molecule has 0 saturated carbocycles. The smallest absolute Gasteiger partial charge is 0.328 e. The molecule has 1 heterocycles. The summed E-state index contributed by atoms with van der Waals surface area (Å²) in [6.45, 7) is 13.4. The Morgan fingerprint density at radius 3 is 2.57 bits per heavy atom. The molecule has 5 unspecified atom stereocenters. The zero-order valence-electron chi connectivity index (χ0n) is 19.4. The van der Waals surface area contributed by atoms with Gasteiger partial charge in [0.25, 0.3) is 5.56 Å². The summed E-state index contributed by atoms with van der Waals surface area (Å²) in [6.07, 6.45) is 10.8. The number of H-pyrrole nitrogens is 1. The number of rotatable bonds is 11. The summed E-state index contributed by atoms with van der Waals surface area (Å²) >= 11 is 0. The van der Waals surface area contributed by atoms with E-state index in [1.54, 1.807) is 17.7 Å². The molecule has 0 amide bonds. The van der Waals surface area contributed by atoms with Crippen LogP contribution in [0.15, 0.2) is 27.9 Å². The van der Waals surface area contributed by atoms with Gasteiger partial charge in [-0.15, -0.1) is 0 Å². The molecule has 170 valence electrons. The Kier molecular flexibility index (Phi) is 9.99. The summed E-state index contributed by atoms with van der Waals surface area (Å²) in [4.78, 5) is 26.6. The van der Waals surface area contributed by atoms with Gasteiger partial charge in [0, 0.05) is 23.3 Å². The van der Waals surface area contributed by atoms with Crippen LogP contribution in [0, 0.1) is 18.8 Å². The fourth-order valence-corrected chi connectivity index (χ4v) is 5.99. The van der Waals surface area contributed by atoms with Gasteiger partial charge in [-0.3, -0.25) is 14.3 Å². The van der Waals surface area contributed by atoms with Crippen molar-refractivity contribution in [2.24, 2.45) is 11.8 Å². The number of allylic oxidation sites excluding steroid dienone is 1. The van der Waals surface area contributed by atoms with Crippen LogP contribution in [0.2, 0.25) is 0 Å². The second-order valence-electron chi connectivity index (χ2n) is 8.86. The summed E-state index contributed by atoms with van der Waals surface area (Å²) in [6, 6.07) is -0.130. The average molecular weight is 439 g/mol. The van der Waals surface area contributed by atoms with Gasteiger partial charge in [0.2, 0.25) is 0 Å². The maximum atomic E-state index is 12.4. The minimum atomic E-state index is -1.01. The van der Waals surface area contributed by atoms with Crippen molar-refractivity contribution in [3.05, 3.63) is 44.8 Å². The van der Waals surface area contributed by atoms with E-state index in [1.165, 1.54) is 0 Å². The summed E-state index contributed by atoms with van der Waals surface area (Å²) in [5.41, 5.74) is 0.198. The highest BCUT2D eigenvalue weighted by molar-refractivity contribution is 7.48. The number of nitrogens with one attached hydrogen (secondary N) is 1. The molecule has 0 aliphatic heterocycles. The summed E-state index contributed by atoms with van der Waals surface area (Å²) in [5, 5.41) is 0. The van der Waals surface area contributed by atoms with E-state index in [-0.39, 0.29) is 23.4 Å². The minimum Gasteiger partial charge on any atom is -0.334 e. The van der Waals surface area contributed by atoms with Crippen molar-refractivity contribution >= 4 is 8.38 Å². The van der Waals surface area contributed by atoms with Crippen molar-refractivity contribution in [1.82, 2.24) is 9.55 Å². The standard InChI is InChI=1S/C23H39N2O4P/c1-7-9-19-10-11-20(25-15-17(5)22(26)24-23(25)27)14-21(19)29-30(28-12-8-2)18(6)13-16(3)4/h10-11,15-16,18-21H,7-9,12-14H2,1-6H3,(H,24,26,27). The van der Waals surface area contributed by atoms with E-state index in [2.05, 4.69) is 51.8 Å². The Morgan fingerprint density at radius 2 is 1.93 bits per heavy atom. The number of hydrogen-bond donors (Lipinski definition) is 1. The molecule has 0 bridgehead atoms. The molecule has 30 heavy (non-hydrogen) atoms. The molecule has 5 atom stereocenters. The molecule has 1 N–H and O–H groups in total. The number of aryl methyl sites for hydroxylation is 1. The van der Waals surface area contributed by atoms with Crippen LogP contribution in [0.4, 0.5) is 0 Å². The molecule has 0 saturated heterocycles. The van der Waals surface area contributed by atoms with Crippen LogP contribution < -0.4 is 11.2 Å². The highest BCUT2D eigenvalue weighted by Crippen LogP contribution is 2.50. The lowest BCUT2D eigenvalue weighted by Gasteiger charge is -2.36. The van der Waals surface area contributed by atoms with Crippen molar-refractivity contribution in [2.75, 3.05) is 6.61 Å². The molecule has 1 aromatic rings. The highest BCUT2D eigenvalue weighted by Gasteiger charge is 2.33. The van der Waals surface area contributed by atoms with Crippen molar-refractivity contribution in [3.8, 4) is 0 Å². The van der Waals surface area contributed by atoms with Crippen LogP contribution in [-0.4, -0.2) is 27.9 Å². The van der Waals surface area contributed by atoms with E-state index in [0.29, 0.717) is 36.1 Å². The zero-order chi connectivity index (χ0) is 22.3. The first-order valence-corrected chi connectivity index (χ1v) is 12.6. The number of aromatic nitrogens is 2. The first-order valence-electron chi connectivity index (χ1n) is 11.4. The van der Waals surface area contributed by atoms with Crippen LogP contribution in [0.5, 0.6) is 0 Å². The first-order chi connectivity index (χ1) is 14.3. The maximum Gasteiger partial charge on any atom is 0.328 e. The molecule has 0 spiro atoms. The molecule has 7 heteroatoms. The van der Waals surface area contributed by atoms with E-state index in [1.807, 2.05) is 0 Å². The quantitative estimate of drug-likeness (QED) is 0.375. The van der Waals surface area contributed by atoms with Crippen LogP contribution >= 0.6 is 8.38 Å². The van der Waals surface area contributed by atoms with Gasteiger partial charge in [-0.1, -0.05) is 53.2 Å². The predicted octanol–water partition coefficient (Wildman–Crippen LogP) is 5.32. The molecular formula is C23H39N2O4P. The normalized spacial score (nSPS) is 23.6. The number of aromatic amines is 1. The Labute approximate surface area is 182 Å². The highest BCUT2D eigenvalue weighted by atomic mass is 31.2. The summed E-state index contributed by atoms with van der Waals surface area (Å²) in [5.74, 6) is 0.902. The number of nitrogens with zero attached hydrogens (tertiary/aromatic N) is 1. The predicted molar refractivity (Wildman–Crippen MR) is 124 cm³/mol. The van der Waals surface area contributed by atoms with Crippen molar-refractivity contribution in [3.63, 3.8) is 0 Å². The summed E-state index contributed by atoms with van der Waals surface area (Å²) < 4.78 is 14.5. The van der Waals surface area contributed by atoms with Gasteiger partial charge >= 0.3 is 5.69 Å². The number of hydrogen-bond acceptors (Lipinski definition) is 4. The lowest BCUT2D eigenvalue weighted by atomic mass is 9.87. The lowest BCUT2D eigenvalue weighted by molar-refractivity contribution is 0.108. The first kappa shape index (κ1) is 25.0. The van der Waals surface area contributed by atoms with E-state index in [4.69, 9.17) is 9.05 Å². The van der Waals surface area contributed by atoms with Gasteiger partial charge in [-0.2, -0.15) is 0 Å². The topological polar surface area (TPSA) is 73.3 Å². The van der Waals surface area contributed by atoms with Crippen molar-refractivity contribution < 1.29 is 9.05 Å². The fraction of sp³-hybridized carbons (Fsp3) is 0.739. The fourth-order valence-electron chi connectivity index (χ4n) is 4.01. The molecule has 0 radical (unpaired) electrons. The summed E-state index contributed by atoms with van der Waals surface area (Å²) in [7, 11) is -1.01. The molecule has 1 aliphatic rings. The Balaban J connectivity index is 2.26. The molecule has 2 rings (SSSR count). The van der Waals surface area contributed by atoms with Gasteiger partial charge in [0.1, 0.15) is 0 Å².